The first-order valence-corrected chi connectivity index (χ1v) is 14.3. The number of piperidine rings is 1. The van der Waals surface area contributed by atoms with E-state index in [1.807, 2.05) is 36.4 Å². The summed E-state index contributed by atoms with van der Waals surface area (Å²) in [5, 5.41) is 21.5. The lowest BCUT2D eigenvalue weighted by Crippen LogP contribution is -2.33. The zero-order valence-electron chi connectivity index (χ0n) is 23.4. The van der Waals surface area contributed by atoms with Crippen LogP contribution in [0, 0.1) is 5.82 Å². The Labute approximate surface area is 235 Å². The SMILES string of the molecule is CC(C)(C(=O)O)c1ccc(C(O)CCCN2CCC(c3cn(Cc4ccc(F)cc4)c4ccccc34)CC2)cc1. The van der Waals surface area contributed by atoms with Crippen LogP contribution in [0.15, 0.2) is 79.0 Å². The Hall–Kier alpha value is -3.48. The third kappa shape index (κ3) is 6.13. The van der Waals surface area contributed by atoms with Gasteiger partial charge in [0.1, 0.15) is 5.82 Å². The molecule has 1 aromatic heterocycles. The number of hydrogen-bond donors (Lipinski definition) is 2. The lowest BCUT2D eigenvalue weighted by atomic mass is 9.84. The van der Waals surface area contributed by atoms with E-state index < -0.39 is 17.5 Å². The molecule has 4 aromatic rings. The fourth-order valence-electron chi connectivity index (χ4n) is 5.91. The number of hydrogen-bond acceptors (Lipinski definition) is 3. The third-order valence-corrected chi connectivity index (χ3v) is 8.62. The summed E-state index contributed by atoms with van der Waals surface area (Å²) in [6, 6.07) is 22.7. The molecule has 0 amide bonds. The maximum Gasteiger partial charge on any atom is 0.313 e. The number of carboxylic acid groups (broad SMARTS) is 1. The molecule has 0 radical (unpaired) electrons. The van der Waals surface area contributed by atoms with Crippen molar-refractivity contribution in [1.82, 2.24) is 9.47 Å². The summed E-state index contributed by atoms with van der Waals surface area (Å²) in [5.41, 5.74) is 4.33. The molecule has 3 aromatic carbocycles. The van der Waals surface area contributed by atoms with Gasteiger partial charge in [-0.3, -0.25) is 4.79 Å². The van der Waals surface area contributed by atoms with Crippen molar-refractivity contribution in [2.24, 2.45) is 0 Å². The number of likely N-dealkylation sites (tertiary alicyclic amines) is 1. The van der Waals surface area contributed by atoms with Crippen molar-refractivity contribution in [2.45, 2.75) is 63.5 Å². The number of aromatic nitrogens is 1. The van der Waals surface area contributed by atoms with Gasteiger partial charge in [0.25, 0.3) is 0 Å². The molecular formula is C34H39FN2O3. The van der Waals surface area contributed by atoms with Gasteiger partial charge >= 0.3 is 5.97 Å². The maximum atomic E-state index is 13.4. The summed E-state index contributed by atoms with van der Waals surface area (Å²) < 4.78 is 15.7. The van der Waals surface area contributed by atoms with E-state index in [0.717, 1.165) is 62.1 Å². The Kier molecular flexibility index (Phi) is 8.38. The average Bonchev–Trinajstić information content (AvgIpc) is 3.33. The minimum atomic E-state index is -0.951. The highest BCUT2D eigenvalue weighted by Crippen LogP contribution is 2.35. The fourth-order valence-corrected chi connectivity index (χ4v) is 5.91. The Morgan fingerprint density at radius 1 is 1.00 bits per heavy atom. The molecule has 1 atom stereocenters. The third-order valence-electron chi connectivity index (χ3n) is 8.62. The highest BCUT2D eigenvalue weighted by Gasteiger charge is 2.29. The lowest BCUT2D eigenvalue weighted by molar-refractivity contribution is -0.142. The van der Waals surface area contributed by atoms with E-state index in [1.54, 1.807) is 13.8 Å². The predicted molar refractivity (Wildman–Crippen MR) is 157 cm³/mol. The first kappa shape index (κ1) is 28.1. The van der Waals surface area contributed by atoms with Gasteiger partial charge in [-0.25, -0.2) is 4.39 Å². The normalized spacial score (nSPS) is 15.9. The van der Waals surface area contributed by atoms with Crippen LogP contribution >= 0.6 is 0 Å². The van der Waals surface area contributed by atoms with Gasteiger partial charge in [-0.05, 0) is 106 Å². The zero-order valence-corrected chi connectivity index (χ0v) is 23.4. The Morgan fingerprint density at radius 2 is 1.68 bits per heavy atom. The number of rotatable bonds is 10. The van der Waals surface area contributed by atoms with Crippen molar-refractivity contribution < 1.29 is 19.4 Å². The molecule has 6 heteroatoms. The molecule has 1 saturated heterocycles. The number of aliphatic carboxylic acids is 1. The van der Waals surface area contributed by atoms with E-state index in [4.69, 9.17) is 0 Å². The highest BCUT2D eigenvalue weighted by atomic mass is 19.1. The highest BCUT2D eigenvalue weighted by molar-refractivity contribution is 5.84. The Balaban J connectivity index is 1.14. The van der Waals surface area contributed by atoms with Crippen LogP contribution in [0.1, 0.15) is 73.8 Å². The van der Waals surface area contributed by atoms with Gasteiger partial charge < -0.3 is 19.7 Å². The van der Waals surface area contributed by atoms with E-state index in [2.05, 4.69) is 39.9 Å². The number of nitrogens with zero attached hydrogens (tertiary/aromatic N) is 2. The number of carbonyl (C=O) groups is 1. The zero-order chi connectivity index (χ0) is 28.3. The molecule has 1 aliphatic heterocycles. The summed E-state index contributed by atoms with van der Waals surface area (Å²) >= 11 is 0. The second-order valence-electron chi connectivity index (χ2n) is 11.7. The van der Waals surface area contributed by atoms with Crippen LogP contribution in [0.25, 0.3) is 10.9 Å². The van der Waals surface area contributed by atoms with Crippen LogP contribution in [-0.4, -0.2) is 45.3 Å². The smallest absolute Gasteiger partial charge is 0.313 e. The van der Waals surface area contributed by atoms with E-state index in [-0.39, 0.29) is 5.82 Å². The molecule has 40 heavy (non-hydrogen) atoms. The lowest BCUT2D eigenvalue weighted by Gasteiger charge is -2.32. The van der Waals surface area contributed by atoms with Gasteiger partial charge in [-0.2, -0.15) is 0 Å². The summed E-state index contributed by atoms with van der Waals surface area (Å²) in [5.74, 6) is -0.561. The number of carboxylic acids is 1. The van der Waals surface area contributed by atoms with Crippen LogP contribution in [0.5, 0.6) is 0 Å². The summed E-state index contributed by atoms with van der Waals surface area (Å²) in [6.45, 7) is 7.14. The number of aliphatic hydroxyl groups is 1. The van der Waals surface area contributed by atoms with Crippen LogP contribution in [-0.2, 0) is 16.8 Å². The van der Waals surface area contributed by atoms with Crippen molar-refractivity contribution in [3.63, 3.8) is 0 Å². The molecule has 5 rings (SSSR count). The predicted octanol–water partition coefficient (Wildman–Crippen LogP) is 6.88. The molecule has 1 unspecified atom stereocenters. The minimum absolute atomic E-state index is 0.209. The molecule has 0 bridgehead atoms. The van der Waals surface area contributed by atoms with Gasteiger partial charge in [0.2, 0.25) is 0 Å². The molecule has 1 aliphatic rings. The van der Waals surface area contributed by atoms with Crippen molar-refractivity contribution in [3.05, 3.63) is 107 Å². The molecule has 1 fully saturated rings. The van der Waals surface area contributed by atoms with Crippen molar-refractivity contribution in [2.75, 3.05) is 19.6 Å². The summed E-state index contributed by atoms with van der Waals surface area (Å²) in [7, 11) is 0. The Bertz CT molecular complexity index is 1430. The number of benzene rings is 3. The van der Waals surface area contributed by atoms with E-state index in [0.29, 0.717) is 12.3 Å². The van der Waals surface area contributed by atoms with Crippen LogP contribution in [0.2, 0.25) is 0 Å². The second-order valence-corrected chi connectivity index (χ2v) is 11.7. The van der Waals surface area contributed by atoms with Crippen molar-refractivity contribution >= 4 is 16.9 Å². The first-order chi connectivity index (χ1) is 19.2. The summed E-state index contributed by atoms with van der Waals surface area (Å²) in [6.07, 6.45) is 5.55. The quantitative estimate of drug-likeness (QED) is 0.229. The van der Waals surface area contributed by atoms with Crippen molar-refractivity contribution in [3.8, 4) is 0 Å². The monoisotopic (exact) mass is 542 g/mol. The average molecular weight is 543 g/mol. The molecule has 2 N–H and O–H groups in total. The van der Waals surface area contributed by atoms with Crippen molar-refractivity contribution in [1.29, 1.82) is 0 Å². The number of aliphatic hydroxyl groups excluding tert-OH is 1. The van der Waals surface area contributed by atoms with E-state index in [1.165, 1.54) is 28.6 Å². The number of fused-ring (bicyclic) bond motifs is 1. The molecule has 0 saturated carbocycles. The molecule has 0 spiro atoms. The number of para-hydroxylation sites is 1. The standard InChI is InChI=1S/C34H39FN2O3/c1-34(2,33(39)40)27-13-11-26(12-14-27)32(38)8-5-19-36-20-17-25(18-21-36)30-23-37(31-7-4-3-6-29(30)31)22-24-9-15-28(35)16-10-24/h3-4,6-7,9-16,23,25,32,38H,5,8,17-22H2,1-2H3,(H,39,40). The molecule has 5 nitrogen and oxygen atoms in total. The Morgan fingerprint density at radius 3 is 2.35 bits per heavy atom. The molecule has 2 heterocycles. The maximum absolute atomic E-state index is 13.4. The topological polar surface area (TPSA) is 65.7 Å². The first-order valence-electron chi connectivity index (χ1n) is 14.3. The van der Waals surface area contributed by atoms with Crippen LogP contribution < -0.4 is 0 Å². The van der Waals surface area contributed by atoms with Gasteiger partial charge in [0, 0.05) is 23.6 Å². The van der Waals surface area contributed by atoms with E-state index >= 15 is 0 Å². The van der Waals surface area contributed by atoms with Gasteiger partial charge in [0.05, 0.1) is 11.5 Å². The minimum Gasteiger partial charge on any atom is -0.481 e. The fraction of sp³-hybridized carbons (Fsp3) is 0.382. The summed E-state index contributed by atoms with van der Waals surface area (Å²) in [4.78, 5) is 14.0. The van der Waals surface area contributed by atoms with Crippen LogP contribution in [0.3, 0.4) is 0 Å². The largest absolute Gasteiger partial charge is 0.481 e. The number of halogens is 1. The molecular weight excluding hydrogens is 503 g/mol. The van der Waals surface area contributed by atoms with Gasteiger partial charge in [-0.1, -0.05) is 54.6 Å². The van der Waals surface area contributed by atoms with Crippen LogP contribution in [0.4, 0.5) is 4.39 Å². The molecule has 0 aliphatic carbocycles. The second kappa shape index (κ2) is 11.9. The van der Waals surface area contributed by atoms with E-state index in [9.17, 15) is 19.4 Å². The molecule has 210 valence electrons. The van der Waals surface area contributed by atoms with Gasteiger partial charge in [-0.15, -0.1) is 0 Å². The van der Waals surface area contributed by atoms with Gasteiger partial charge in [0.15, 0.2) is 0 Å².